The zero-order valence-electron chi connectivity index (χ0n) is 9.01. The van der Waals surface area contributed by atoms with Gasteiger partial charge >= 0.3 is 19.3 Å². The Morgan fingerprint density at radius 2 is 2.00 bits per heavy atom. The average molecular weight is 258 g/mol. The summed E-state index contributed by atoms with van der Waals surface area (Å²) in [7, 11) is -7.25. The summed E-state index contributed by atoms with van der Waals surface area (Å²) in [5.74, 6) is 0.128. The zero-order chi connectivity index (χ0) is 11.9. The van der Waals surface area contributed by atoms with Gasteiger partial charge in [0, 0.05) is 0 Å². The molecule has 0 aliphatic rings. The van der Waals surface area contributed by atoms with Gasteiger partial charge in [-0.2, -0.15) is 8.42 Å². The summed E-state index contributed by atoms with van der Waals surface area (Å²) in [6.45, 7) is 3.98. The van der Waals surface area contributed by atoms with Crippen molar-refractivity contribution in [2.24, 2.45) is 5.92 Å². The van der Waals surface area contributed by atoms with Crippen LogP contribution in [0.4, 0.5) is 0 Å². The molecule has 1 N–H and O–H groups in total. The average Bonchev–Trinajstić information content (AvgIpc) is 2.18. The summed E-state index contributed by atoms with van der Waals surface area (Å²) in [4.78, 5) is 0. The molecule has 0 fully saturated rings. The number of rotatable bonds is 8. The maximum Gasteiger partial charge on any atom is 0.375 e. The Bertz CT molecular complexity index is 285. The molecule has 0 amide bonds. The van der Waals surface area contributed by atoms with E-state index in [-0.39, 0.29) is 12.5 Å². The van der Waals surface area contributed by atoms with E-state index in [1.807, 2.05) is 13.8 Å². The molecule has 0 spiro atoms. The van der Waals surface area contributed by atoms with Crippen molar-refractivity contribution in [2.75, 3.05) is 6.61 Å². The second-order valence-corrected chi connectivity index (χ2v) is 6.89. The van der Waals surface area contributed by atoms with Gasteiger partial charge in [-0.05, 0) is 12.3 Å². The van der Waals surface area contributed by atoms with Crippen LogP contribution in [0, 0.1) is 5.92 Å². The minimum absolute atomic E-state index is 0.00880. The van der Waals surface area contributed by atoms with E-state index in [9.17, 15) is 12.6 Å². The van der Waals surface area contributed by atoms with Gasteiger partial charge in [0.05, 0.1) is 6.61 Å². The molecule has 0 rings (SSSR count). The summed E-state index contributed by atoms with van der Waals surface area (Å²) in [5, 5.41) is 0. The van der Waals surface area contributed by atoms with Crippen LogP contribution in [0.15, 0.2) is 0 Å². The Kier molecular flexibility index (Phi) is 7.33. The quantitative estimate of drug-likeness (QED) is 0.529. The molecule has 0 radical (unpaired) electrons. The van der Waals surface area contributed by atoms with Gasteiger partial charge in [0.25, 0.3) is 0 Å². The minimum Gasteiger partial charge on any atom is -0.292 e. The predicted molar refractivity (Wildman–Crippen MR) is 58.9 cm³/mol. The van der Waals surface area contributed by atoms with Gasteiger partial charge in [-0.1, -0.05) is 33.1 Å². The molecule has 0 aliphatic heterocycles. The van der Waals surface area contributed by atoms with Crippen molar-refractivity contribution in [3.05, 3.63) is 0 Å². The van der Waals surface area contributed by atoms with Crippen molar-refractivity contribution in [2.45, 2.75) is 39.5 Å². The molecule has 15 heavy (non-hydrogen) atoms. The van der Waals surface area contributed by atoms with Gasteiger partial charge in [-0.25, -0.2) is 4.21 Å². The fraction of sp³-hybridized carbons (Fsp3) is 1.00. The van der Waals surface area contributed by atoms with Crippen molar-refractivity contribution in [3.8, 4) is 0 Å². The van der Waals surface area contributed by atoms with E-state index in [2.05, 4.69) is 4.18 Å². The molecule has 7 heteroatoms. The molecule has 2 atom stereocenters. The first kappa shape index (κ1) is 15.0. The molecular formula is C8H18O5S2. The molecule has 0 aromatic carbocycles. The lowest BCUT2D eigenvalue weighted by atomic mass is 10.0. The minimum atomic E-state index is -4.30. The Morgan fingerprint density at radius 1 is 1.40 bits per heavy atom. The monoisotopic (exact) mass is 258 g/mol. The fourth-order valence-electron chi connectivity index (χ4n) is 1.12. The number of hydrogen-bond donors (Lipinski definition) is 1. The second kappa shape index (κ2) is 7.32. The number of hydrogen-bond acceptors (Lipinski definition) is 4. The van der Waals surface area contributed by atoms with Gasteiger partial charge in [-0.15, -0.1) is 0 Å². The van der Waals surface area contributed by atoms with E-state index in [0.717, 1.165) is 25.7 Å². The fourth-order valence-corrected chi connectivity index (χ4v) is 1.97. The van der Waals surface area contributed by atoms with Crippen LogP contribution in [-0.4, -0.2) is 23.8 Å². The van der Waals surface area contributed by atoms with Crippen LogP contribution in [0.5, 0.6) is 0 Å². The van der Waals surface area contributed by atoms with Crippen LogP contribution in [0.25, 0.3) is 0 Å². The molecule has 0 heterocycles. The lowest BCUT2D eigenvalue weighted by molar-refractivity contribution is 0.243. The third-order valence-corrected chi connectivity index (χ3v) is 4.28. The molecule has 0 saturated heterocycles. The smallest absolute Gasteiger partial charge is 0.292 e. The SMILES string of the molecule is CCCCC(CC)COS(=O)(=O)S(=O)O. The van der Waals surface area contributed by atoms with Crippen LogP contribution < -0.4 is 0 Å². The van der Waals surface area contributed by atoms with E-state index >= 15 is 0 Å². The standard InChI is InChI=1S/C8H18O5S2/c1-3-5-6-8(4-2)7-13-15(11,12)14(9)10/h8H,3-7H2,1-2H3,(H,9,10). The zero-order valence-corrected chi connectivity index (χ0v) is 10.6. The molecule has 0 aromatic heterocycles. The van der Waals surface area contributed by atoms with Crippen molar-refractivity contribution in [3.63, 3.8) is 0 Å². The molecule has 5 nitrogen and oxygen atoms in total. The lowest BCUT2D eigenvalue weighted by Gasteiger charge is -2.13. The van der Waals surface area contributed by atoms with Gasteiger partial charge in [0.1, 0.15) is 0 Å². The number of unbranched alkanes of at least 4 members (excludes halogenated alkanes) is 1. The summed E-state index contributed by atoms with van der Waals surface area (Å²) in [5.41, 5.74) is 0. The molecule has 0 aliphatic carbocycles. The highest BCUT2D eigenvalue weighted by atomic mass is 33.2. The maximum atomic E-state index is 10.9. The Hall–Kier alpha value is 0.0200. The summed E-state index contributed by atoms with van der Waals surface area (Å²) in [6, 6.07) is 0. The van der Waals surface area contributed by atoms with Crippen LogP contribution in [0.3, 0.4) is 0 Å². The summed E-state index contributed by atoms with van der Waals surface area (Å²) < 4.78 is 44.9. The highest BCUT2D eigenvalue weighted by Gasteiger charge is 2.20. The molecule has 0 aromatic rings. The van der Waals surface area contributed by atoms with Gasteiger partial charge in [0.15, 0.2) is 0 Å². The van der Waals surface area contributed by atoms with Crippen LogP contribution >= 0.6 is 0 Å². The first-order valence-electron chi connectivity index (χ1n) is 4.94. The highest BCUT2D eigenvalue weighted by Crippen LogP contribution is 2.14. The van der Waals surface area contributed by atoms with E-state index in [1.165, 1.54) is 0 Å². The molecule has 0 saturated carbocycles. The molecule has 2 unspecified atom stereocenters. The van der Waals surface area contributed by atoms with Gasteiger partial charge in [0.2, 0.25) is 0 Å². The molecular weight excluding hydrogens is 240 g/mol. The van der Waals surface area contributed by atoms with Crippen molar-refractivity contribution >= 4 is 19.3 Å². The van der Waals surface area contributed by atoms with Gasteiger partial charge < -0.3 is 0 Å². The summed E-state index contributed by atoms with van der Waals surface area (Å²) >= 11 is 0. The highest BCUT2D eigenvalue weighted by molar-refractivity contribution is 8.59. The first-order valence-corrected chi connectivity index (χ1v) is 7.98. The predicted octanol–water partition coefficient (Wildman–Crippen LogP) is 1.69. The Morgan fingerprint density at radius 3 is 2.40 bits per heavy atom. The molecule has 0 bridgehead atoms. The Balaban J connectivity index is 4.06. The second-order valence-electron chi connectivity index (χ2n) is 3.33. The van der Waals surface area contributed by atoms with E-state index in [0.29, 0.717) is 0 Å². The maximum absolute atomic E-state index is 10.9. The van der Waals surface area contributed by atoms with Gasteiger partial charge in [-0.3, -0.25) is 8.74 Å². The van der Waals surface area contributed by atoms with E-state index < -0.39 is 19.3 Å². The first-order chi connectivity index (χ1) is 6.94. The Labute approximate surface area is 93.0 Å². The van der Waals surface area contributed by atoms with E-state index in [4.69, 9.17) is 4.55 Å². The van der Waals surface area contributed by atoms with E-state index in [1.54, 1.807) is 0 Å². The van der Waals surface area contributed by atoms with Crippen molar-refractivity contribution < 1.29 is 21.4 Å². The third kappa shape index (κ3) is 6.24. The topological polar surface area (TPSA) is 80.7 Å². The van der Waals surface area contributed by atoms with Crippen LogP contribution in [-0.2, 0) is 23.4 Å². The van der Waals surface area contributed by atoms with Crippen LogP contribution in [0.2, 0.25) is 0 Å². The third-order valence-electron chi connectivity index (χ3n) is 2.17. The normalized spacial score (nSPS) is 16.2. The summed E-state index contributed by atoms with van der Waals surface area (Å²) in [6.07, 6.45) is 3.72. The largest absolute Gasteiger partial charge is 0.375 e. The van der Waals surface area contributed by atoms with Crippen molar-refractivity contribution in [1.82, 2.24) is 0 Å². The molecule has 92 valence electrons. The lowest BCUT2D eigenvalue weighted by Crippen LogP contribution is -2.17. The van der Waals surface area contributed by atoms with Crippen LogP contribution in [0.1, 0.15) is 39.5 Å². The van der Waals surface area contributed by atoms with Crippen molar-refractivity contribution in [1.29, 1.82) is 0 Å².